The second-order valence-electron chi connectivity index (χ2n) is 4.28. The van der Waals surface area contributed by atoms with Gasteiger partial charge in [0.05, 0.1) is 12.2 Å². The molecule has 0 aliphatic heterocycles. The van der Waals surface area contributed by atoms with E-state index < -0.39 is 0 Å². The first-order chi connectivity index (χ1) is 8.06. The van der Waals surface area contributed by atoms with Gasteiger partial charge in [-0.05, 0) is 31.5 Å². The van der Waals surface area contributed by atoms with Gasteiger partial charge >= 0.3 is 0 Å². The molecule has 3 nitrogen and oxygen atoms in total. The van der Waals surface area contributed by atoms with Crippen molar-refractivity contribution in [3.8, 4) is 0 Å². The molecule has 0 radical (unpaired) electrons. The lowest BCUT2D eigenvalue weighted by Crippen LogP contribution is -2.06. The maximum Gasteiger partial charge on any atom is 0.128 e. The van der Waals surface area contributed by atoms with E-state index in [1.54, 1.807) is 17.7 Å². The number of nitrogens with one attached hydrogen (secondary N) is 1. The van der Waals surface area contributed by atoms with Crippen LogP contribution in [-0.4, -0.2) is 9.78 Å². The Morgan fingerprint density at radius 3 is 2.76 bits per heavy atom. The highest BCUT2D eigenvalue weighted by Crippen LogP contribution is 2.20. The minimum Gasteiger partial charge on any atom is -0.378 e. The van der Waals surface area contributed by atoms with Crippen molar-refractivity contribution in [3.63, 3.8) is 0 Å². The van der Waals surface area contributed by atoms with Crippen LogP contribution in [0.1, 0.15) is 24.1 Å². The summed E-state index contributed by atoms with van der Waals surface area (Å²) in [5.41, 5.74) is 2.52. The molecule has 0 aliphatic rings. The highest BCUT2D eigenvalue weighted by atomic mass is 19.1. The van der Waals surface area contributed by atoms with Crippen molar-refractivity contribution in [1.29, 1.82) is 0 Å². The molecule has 0 fully saturated rings. The molecule has 1 N–H and O–H groups in total. The fourth-order valence-corrected chi connectivity index (χ4v) is 1.68. The SMILES string of the molecule is Cc1ccc(NC(C)c2cnn(C)c2)cc1F. The summed E-state index contributed by atoms with van der Waals surface area (Å²) < 4.78 is 15.1. The Labute approximate surface area is 100 Å². The molecule has 0 bridgehead atoms. The molecule has 0 amide bonds. The van der Waals surface area contributed by atoms with E-state index in [1.807, 2.05) is 32.4 Å². The molecule has 0 spiro atoms. The van der Waals surface area contributed by atoms with E-state index in [0.717, 1.165) is 11.3 Å². The molecule has 4 heteroatoms. The number of hydrogen-bond donors (Lipinski definition) is 1. The molecule has 0 aliphatic carbocycles. The second-order valence-corrected chi connectivity index (χ2v) is 4.28. The lowest BCUT2D eigenvalue weighted by Gasteiger charge is -2.14. The number of aryl methyl sites for hydroxylation is 2. The van der Waals surface area contributed by atoms with E-state index in [0.29, 0.717) is 5.56 Å². The zero-order valence-corrected chi connectivity index (χ0v) is 10.2. The van der Waals surface area contributed by atoms with Crippen molar-refractivity contribution in [1.82, 2.24) is 9.78 Å². The number of benzene rings is 1. The number of aromatic nitrogens is 2. The van der Waals surface area contributed by atoms with Gasteiger partial charge in [0.2, 0.25) is 0 Å². The fourth-order valence-electron chi connectivity index (χ4n) is 1.68. The molecule has 90 valence electrons. The van der Waals surface area contributed by atoms with E-state index in [4.69, 9.17) is 0 Å². The van der Waals surface area contributed by atoms with Gasteiger partial charge < -0.3 is 5.32 Å². The number of hydrogen-bond acceptors (Lipinski definition) is 2. The third-order valence-electron chi connectivity index (χ3n) is 2.78. The number of rotatable bonds is 3. The van der Waals surface area contributed by atoms with Gasteiger partial charge in [0.25, 0.3) is 0 Å². The molecule has 17 heavy (non-hydrogen) atoms. The molecule has 2 rings (SSSR count). The Hall–Kier alpha value is -1.84. The third kappa shape index (κ3) is 2.64. The average Bonchev–Trinajstić information content (AvgIpc) is 2.70. The lowest BCUT2D eigenvalue weighted by molar-refractivity contribution is 0.618. The monoisotopic (exact) mass is 233 g/mol. The normalized spacial score (nSPS) is 12.5. The summed E-state index contributed by atoms with van der Waals surface area (Å²) in [4.78, 5) is 0. The third-order valence-corrected chi connectivity index (χ3v) is 2.78. The summed E-state index contributed by atoms with van der Waals surface area (Å²) >= 11 is 0. The smallest absolute Gasteiger partial charge is 0.128 e. The van der Waals surface area contributed by atoms with Crippen LogP contribution in [0.25, 0.3) is 0 Å². The van der Waals surface area contributed by atoms with Crippen molar-refractivity contribution >= 4 is 5.69 Å². The standard InChI is InChI=1S/C13H16FN3/c1-9-4-5-12(6-13(9)14)16-10(2)11-7-15-17(3)8-11/h4-8,10,16H,1-3H3. The zero-order valence-electron chi connectivity index (χ0n) is 10.2. The predicted molar refractivity (Wildman–Crippen MR) is 66.4 cm³/mol. The maximum atomic E-state index is 13.4. The van der Waals surface area contributed by atoms with Gasteiger partial charge in [0.15, 0.2) is 0 Å². The van der Waals surface area contributed by atoms with Crippen LogP contribution >= 0.6 is 0 Å². The molecular weight excluding hydrogens is 217 g/mol. The van der Waals surface area contributed by atoms with Crippen molar-refractivity contribution in [3.05, 3.63) is 47.5 Å². The van der Waals surface area contributed by atoms with Crippen molar-refractivity contribution < 1.29 is 4.39 Å². The van der Waals surface area contributed by atoms with Crippen molar-refractivity contribution in [2.75, 3.05) is 5.32 Å². The van der Waals surface area contributed by atoms with E-state index in [9.17, 15) is 4.39 Å². The van der Waals surface area contributed by atoms with Crippen LogP contribution in [0.15, 0.2) is 30.6 Å². The van der Waals surface area contributed by atoms with Crippen LogP contribution in [0.2, 0.25) is 0 Å². The molecule has 0 saturated carbocycles. The quantitative estimate of drug-likeness (QED) is 0.883. The predicted octanol–water partition coefficient (Wildman–Crippen LogP) is 3.04. The van der Waals surface area contributed by atoms with Crippen molar-refractivity contribution in [2.24, 2.45) is 7.05 Å². The molecule has 1 aromatic carbocycles. The van der Waals surface area contributed by atoms with E-state index in [1.165, 1.54) is 6.07 Å². The Kier molecular flexibility index (Phi) is 3.13. The zero-order chi connectivity index (χ0) is 12.4. The Morgan fingerprint density at radius 2 is 2.18 bits per heavy atom. The summed E-state index contributed by atoms with van der Waals surface area (Å²) in [6.07, 6.45) is 3.75. The van der Waals surface area contributed by atoms with Crippen LogP contribution < -0.4 is 5.32 Å². The minimum atomic E-state index is -0.187. The van der Waals surface area contributed by atoms with E-state index >= 15 is 0 Å². The van der Waals surface area contributed by atoms with Crippen LogP contribution in [0.3, 0.4) is 0 Å². The topological polar surface area (TPSA) is 29.9 Å². The first kappa shape index (κ1) is 11.6. The average molecular weight is 233 g/mol. The highest BCUT2D eigenvalue weighted by molar-refractivity contribution is 5.46. The summed E-state index contributed by atoms with van der Waals surface area (Å²) in [5, 5.41) is 7.36. The lowest BCUT2D eigenvalue weighted by atomic mass is 10.1. The van der Waals surface area contributed by atoms with Gasteiger partial charge in [-0.3, -0.25) is 4.68 Å². The van der Waals surface area contributed by atoms with Gasteiger partial charge in [0.1, 0.15) is 5.82 Å². The van der Waals surface area contributed by atoms with Crippen LogP contribution in [0.5, 0.6) is 0 Å². The molecular formula is C13H16FN3. The summed E-state index contributed by atoms with van der Waals surface area (Å²) in [5.74, 6) is -0.187. The molecule has 1 unspecified atom stereocenters. The van der Waals surface area contributed by atoms with E-state index in [2.05, 4.69) is 10.4 Å². The van der Waals surface area contributed by atoms with Gasteiger partial charge in [-0.25, -0.2) is 4.39 Å². The second kappa shape index (κ2) is 4.57. The van der Waals surface area contributed by atoms with Crippen LogP contribution in [-0.2, 0) is 7.05 Å². The van der Waals surface area contributed by atoms with Gasteiger partial charge in [-0.15, -0.1) is 0 Å². The Morgan fingerprint density at radius 1 is 1.41 bits per heavy atom. The van der Waals surface area contributed by atoms with Gasteiger partial charge in [-0.2, -0.15) is 5.10 Å². The molecule has 2 aromatic rings. The number of nitrogens with zero attached hydrogens (tertiary/aromatic N) is 2. The van der Waals surface area contributed by atoms with Crippen LogP contribution in [0, 0.1) is 12.7 Å². The summed E-state index contributed by atoms with van der Waals surface area (Å²) in [6.45, 7) is 3.78. The summed E-state index contributed by atoms with van der Waals surface area (Å²) in [7, 11) is 1.88. The minimum absolute atomic E-state index is 0.103. The van der Waals surface area contributed by atoms with Gasteiger partial charge in [0, 0.05) is 24.5 Å². The summed E-state index contributed by atoms with van der Waals surface area (Å²) in [6, 6.07) is 5.27. The first-order valence-corrected chi connectivity index (χ1v) is 5.57. The highest BCUT2D eigenvalue weighted by Gasteiger charge is 2.08. The fraction of sp³-hybridized carbons (Fsp3) is 0.308. The molecule has 1 heterocycles. The maximum absolute atomic E-state index is 13.4. The molecule has 0 saturated heterocycles. The molecule has 1 aromatic heterocycles. The first-order valence-electron chi connectivity index (χ1n) is 5.57. The number of anilines is 1. The Balaban J connectivity index is 2.12. The van der Waals surface area contributed by atoms with Crippen molar-refractivity contribution in [2.45, 2.75) is 19.9 Å². The largest absolute Gasteiger partial charge is 0.378 e. The number of halogens is 1. The van der Waals surface area contributed by atoms with Crippen LogP contribution in [0.4, 0.5) is 10.1 Å². The molecule has 1 atom stereocenters. The van der Waals surface area contributed by atoms with Gasteiger partial charge in [-0.1, -0.05) is 6.07 Å². The van der Waals surface area contributed by atoms with E-state index in [-0.39, 0.29) is 11.9 Å². The Bertz CT molecular complexity index is 519.